The van der Waals surface area contributed by atoms with Gasteiger partial charge in [0.15, 0.2) is 5.13 Å². The molecular weight excluding hydrogens is 204 g/mol. The highest BCUT2D eigenvalue weighted by atomic mass is 32.1. The molecule has 0 radical (unpaired) electrons. The quantitative estimate of drug-likeness (QED) is 0.605. The van der Waals surface area contributed by atoms with E-state index in [1.165, 1.54) is 0 Å². The second kappa shape index (κ2) is 4.08. The van der Waals surface area contributed by atoms with E-state index in [4.69, 9.17) is 0 Å². The van der Waals surface area contributed by atoms with Gasteiger partial charge >= 0.3 is 5.00 Å². The molecule has 0 aliphatic carbocycles. The molecule has 0 aliphatic rings. The minimum atomic E-state index is -2.50. The Morgan fingerprint density at radius 3 is 2.92 bits per heavy atom. The lowest BCUT2D eigenvalue weighted by atomic mass is 10.7. The van der Waals surface area contributed by atoms with Crippen LogP contribution in [0, 0.1) is 10.1 Å². The summed E-state index contributed by atoms with van der Waals surface area (Å²) in [5.41, 5.74) is 0. The summed E-state index contributed by atoms with van der Waals surface area (Å²) in [7, 11) is 0. The zero-order chi connectivity index (χ0) is 9.84. The first kappa shape index (κ1) is 9.78. The number of alkyl halides is 2. The van der Waals surface area contributed by atoms with Crippen LogP contribution in [-0.4, -0.2) is 22.9 Å². The molecular formula is C5H5F2N3O2S. The van der Waals surface area contributed by atoms with E-state index in [-0.39, 0.29) is 10.1 Å². The molecule has 0 amide bonds. The Hall–Kier alpha value is -1.31. The minimum Gasteiger partial charge on any atom is -0.356 e. The molecule has 1 aromatic heterocycles. The van der Waals surface area contributed by atoms with Crippen molar-refractivity contribution >= 4 is 21.5 Å². The molecule has 8 heteroatoms. The van der Waals surface area contributed by atoms with Gasteiger partial charge in [0.25, 0.3) is 6.43 Å². The highest BCUT2D eigenvalue weighted by Crippen LogP contribution is 2.24. The van der Waals surface area contributed by atoms with E-state index in [1.54, 1.807) is 0 Å². The van der Waals surface area contributed by atoms with Gasteiger partial charge in [-0.3, -0.25) is 10.1 Å². The molecule has 0 fully saturated rings. The fourth-order valence-electron chi connectivity index (χ4n) is 0.596. The summed E-state index contributed by atoms with van der Waals surface area (Å²) >= 11 is 0.728. The molecule has 0 aliphatic heterocycles. The van der Waals surface area contributed by atoms with E-state index in [0.717, 1.165) is 17.5 Å². The van der Waals surface area contributed by atoms with Crippen LogP contribution in [0.1, 0.15) is 0 Å². The summed E-state index contributed by atoms with van der Waals surface area (Å²) in [6.45, 7) is -0.551. The van der Waals surface area contributed by atoms with Gasteiger partial charge in [-0.15, -0.1) is 0 Å². The summed E-state index contributed by atoms with van der Waals surface area (Å²) in [6.07, 6.45) is -1.47. The average molecular weight is 209 g/mol. The summed E-state index contributed by atoms with van der Waals surface area (Å²) in [5.74, 6) is 0. The van der Waals surface area contributed by atoms with Crippen LogP contribution >= 0.6 is 11.3 Å². The fourth-order valence-corrected chi connectivity index (χ4v) is 1.24. The third-order valence-corrected chi connectivity index (χ3v) is 1.99. The highest BCUT2D eigenvalue weighted by molar-refractivity contribution is 7.18. The lowest BCUT2D eigenvalue weighted by molar-refractivity contribution is -0.380. The van der Waals surface area contributed by atoms with Crippen LogP contribution in [0.25, 0.3) is 0 Å². The molecule has 1 N–H and O–H groups in total. The van der Waals surface area contributed by atoms with Gasteiger partial charge in [-0.25, -0.2) is 13.8 Å². The molecule has 0 atom stereocenters. The second-order valence-corrected chi connectivity index (χ2v) is 3.04. The number of hydrogen-bond donors (Lipinski definition) is 1. The molecule has 0 saturated heterocycles. The van der Waals surface area contributed by atoms with Crippen molar-refractivity contribution in [2.45, 2.75) is 6.43 Å². The van der Waals surface area contributed by atoms with Crippen LogP contribution < -0.4 is 5.32 Å². The Bertz CT molecular complexity index is 304. The number of halogens is 2. The van der Waals surface area contributed by atoms with E-state index in [2.05, 4.69) is 10.3 Å². The molecule has 0 saturated carbocycles. The van der Waals surface area contributed by atoms with E-state index in [0.29, 0.717) is 0 Å². The molecule has 1 aromatic rings. The monoisotopic (exact) mass is 209 g/mol. The van der Waals surface area contributed by atoms with Crippen molar-refractivity contribution in [2.24, 2.45) is 0 Å². The van der Waals surface area contributed by atoms with Crippen molar-refractivity contribution < 1.29 is 13.7 Å². The molecule has 0 unspecified atom stereocenters. The smallest absolute Gasteiger partial charge is 0.345 e. The summed E-state index contributed by atoms with van der Waals surface area (Å²) in [5, 5.41) is 12.4. The summed E-state index contributed by atoms with van der Waals surface area (Å²) in [6, 6.07) is 0. The maximum Gasteiger partial charge on any atom is 0.345 e. The van der Waals surface area contributed by atoms with Gasteiger partial charge in [-0.1, -0.05) is 0 Å². The zero-order valence-corrected chi connectivity index (χ0v) is 7.05. The van der Waals surface area contributed by atoms with Crippen molar-refractivity contribution in [2.75, 3.05) is 11.9 Å². The number of thiazole rings is 1. The molecule has 0 spiro atoms. The molecule has 1 rings (SSSR count). The van der Waals surface area contributed by atoms with Crippen molar-refractivity contribution in [3.8, 4) is 0 Å². The maximum atomic E-state index is 11.7. The number of nitro groups is 1. The third kappa shape index (κ3) is 2.90. The Balaban J connectivity index is 2.54. The van der Waals surface area contributed by atoms with Crippen LogP contribution in [0.3, 0.4) is 0 Å². The first-order valence-corrected chi connectivity index (χ1v) is 4.03. The lowest BCUT2D eigenvalue weighted by Gasteiger charge is -1.98. The molecule has 1 heterocycles. The first-order chi connectivity index (χ1) is 6.09. The standard InChI is InChI=1S/C5H5F2N3O2S/c6-3(7)1-8-5-9-2-4(13-5)10(11)12/h2-3H,1H2,(H,8,9). The highest BCUT2D eigenvalue weighted by Gasteiger charge is 2.11. The minimum absolute atomic E-state index is 0.131. The van der Waals surface area contributed by atoms with Gasteiger partial charge < -0.3 is 5.32 Å². The van der Waals surface area contributed by atoms with Crippen molar-refractivity contribution in [1.82, 2.24) is 4.98 Å². The molecule has 5 nitrogen and oxygen atoms in total. The number of anilines is 1. The Morgan fingerprint density at radius 1 is 1.77 bits per heavy atom. The van der Waals surface area contributed by atoms with E-state index >= 15 is 0 Å². The van der Waals surface area contributed by atoms with E-state index in [1.807, 2.05) is 0 Å². The molecule has 0 bridgehead atoms. The van der Waals surface area contributed by atoms with Crippen LogP contribution in [-0.2, 0) is 0 Å². The molecule has 13 heavy (non-hydrogen) atoms. The van der Waals surface area contributed by atoms with Crippen molar-refractivity contribution in [3.05, 3.63) is 16.3 Å². The van der Waals surface area contributed by atoms with Gasteiger partial charge in [0.05, 0.1) is 11.5 Å². The Labute approximate surface area is 75.6 Å². The van der Waals surface area contributed by atoms with Crippen LogP contribution in [0.4, 0.5) is 18.9 Å². The summed E-state index contributed by atoms with van der Waals surface area (Å²) in [4.78, 5) is 13.1. The van der Waals surface area contributed by atoms with Gasteiger partial charge in [0.2, 0.25) is 0 Å². The van der Waals surface area contributed by atoms with E-state index < -0.39 is 17.9 Å². The van der Waals surface area contributed by atoms with Crippen molar-refractivity contribution in [3.63, 3.8) is 0 Å². The Kier molecular flexibility index (Phi) is 3.07. The number of rotatable bonds is 4. The lowest BCUT2D eigenvalue weighted by Crippen LogP contribution is -2.09. The number of hydrogen-bond acceptors (Lipinski definition) is 5. The maximum absolute atomic E-state index is 11.7. The SMILES string of the molecule is O=[N+]([O-])c1cnc(NCC(F)F)s1. The van der Waals surface area contributed by atoms with E-state index in [9.17, 15) is 18.9 Å². The van der Waals surface area contributed by atoms with Gasteiger partial charge in [0, 0.05) is 0 Å². The number of aromatic nitrogens is 1. The molecule has 72 valence electrons. The average Bonchev–Trinajstić information content (AvgIpc) is 2.48. The normalized spacial score (nSPS) is 10.4. The van der Waals surface area contributed by atoms with Gasteiger partial charge in [-0.2, -0.15) is 0 Å². The second-order valence-electron chi connectivity index (χ2n) is 2.03. The third-order valence-electron chi connectivity index (χ3n) is 1.08. The van der Waals surface area contributed by atoms with Crippen LogP contribution in [0.2, 0.25) is 0 Å². The predicted molar refractivity (Wildman–Crippen MR) is 43.3 cm³/mol. The largest absolute Gasteiger partial charge is 0.356 e. The fraction of sp³-hybridized carbons (Fsp3) is 0.400. The number of nitrogens with zero attached hydrogens (tertiary/aromatic N) is 2. The van der Waals surface area contributed by atoms with Crippen LogP contribution in [0.5, 0.6) is 0 Å². The van der Waals surface area contributed by atoms with Gasteiger partial charge in [0.1, 0.15) is 6.20 Å². The number of nitrogens with one attached hydrogen (secondary N) is 1. The zero-order valence-electron chi connectivity index (χ0n) is 6.24. The summed E-state index contributed by atoms with van der Waals surface area (Å²) < 4.78 is 23.3. The topological polar surface area (TPSA) is 68.1 Å². The molecule has 0 aromatic carbocycles. The van der Waals surface area contributed by atoms with Crippen LogP contribution in [0.15, 0.2) is 6.20 Å². The van der Waals surface area contributed by atoms with Crippen molar-refractivity contribution in [1.29, 1.82) is 0 Å². The van der Waals surface area contributed by atoms with Gasteiger partial charge in [-0.05, 0) is 11.3 Å². The predicted octanol–water partition coefficient (Wildman–Crippen LogP) is 1.73. The first-order valence-electron chi connectivity index (χ1n) is 3.22. The Morgan fingerprint density at radius 2 is 2.46 bits per heavy atom.